The summed E-state index contributed by atoms with van der Waals surface area (Å²) in [5, 5.41) is 1.16. The Labute approximate surface area is 130 Å². The van der Waals surface area contributed by atoms with Gasteiger partial charge in [-0.1, -0.05) is 31.5 Å². The van der Waals surface area contributed by atoms with E-state index in [0.29, 0.717) is 6.61 Å². The molecule has 0 fully saturated rings. The molecule has 1 heterocycles. The molecule has 0 aliphatic heterocycles. The molecule has 1 N–H and O–H groups in total. The fourth-order valence-electron chi connectivity index (χ4n) is 2.37. The van der Waals surface area contributed by atoms with Crippen molar-refractivity contribution in [2.24, 2.45) is 0 Å². The van der Waals surface area contributed by atoms with Gasteiger partial charge >= 0.3 is 0 Å². The van der Waals surface area contributed by atoms with Crippen LogP contribution in [0.4, 0.5) is 0 Å². The van der Waals surface area contributed by atoms with Crippen LogP contribution in [0.25, 0.3) is 10.9 Å². The average Bonchev–Trinajstić information content (AvgIpc) is 3.02. The van der Waals surface area contributed by atoms with E-state index in [-0.39, 0.29) is 0 Å². The van der Waals surface area contributed by atoms with Crippen LogP contribution in [0.1, 0.15) is 25.3 Å². The first-order valence-corrected chi connectivity index (χ1v) is 7.77. The smallest absolute Gasteiger partial charge is 0.125 e. The summed E-state index contributed by atoms with van der Waals surface area (Å²) in [5.41, 5.74) is 2.20. The first kappa shape index (κ1) is 14.5. The van der Waals surface area contributed by atoms with Crippen molar-refractivity contribution in [1.29, 1.82) is 0 Å². The van der Waals surface area contributed by atoms with Crippen LogP contribution in [0, 0.1) is 0 Å². The number of aromatic nitrogens is 1. The van der Waals surface area contributed by atoms with Crippen molar-refractivity contribution in [2.45, 2.75) is 26.4 Å². The van der Waals surface area contributed by atoms with Gasteiger partial charge in [-0.2, -0.15) is 0 Å². The van der Waals surface area contributed by atoms with Crippen molar-refractivity contribution in [3.63, 3.8) is 0 Å². The number of hydrogen-bond donors (Lipinski definition) is 1. The molecule has 3 rings (SSSR count). The van der Waals surface area contributed by atoms with Gasteiger partial charge in [0.1, 0.15) is 18.1 Å². The van der Waals surface area contributed by atoms with Crippen molar-refractivity contribution >= 4 is 10.9 Å². The maximum Gasteiger partial charge on any atom is 0.125 e. The normalized spacial score (nSPS) is 10.8. The number of H-pyrrole nitrogens is 1. The third-order valence-electron chi connectivity index (χ3n) is 3.65. The van der Waals surface area contributed by atoms with Gasteiger partial charge in [-0.25, -0.2) is 0 Å². The van der Waals surface area contributed by atoms with Gasteiger partial charge in [0.15, 0.2) is 0 Å². The molecule has 0 spiro atoms. The fraction of sp³-hybridized carbons (Fsp3) is 0.263. The lowest BCUT2D eigenvalue weighted by Crippen LogP contribution is -2.02. The van der Waals surface area contributed by atoms with Crippen molar-refractivity contribution in [2.75, 3.05) is 6.61 Å². The number of unbranched alkanes of at least 4 members (excludes halogenated alkanes) is 1. The summed E-state index contributed by atoms with van der Waals surface area (Å²) in [6, 6.07) is 16.2. The number of nitrogens with one attached hydrogen (secondary N) is 1. The third-order valence-corrected chi connectivity index (χ3v) is 3.65. The molecule has 0 radical (unpaired) electrons. The Bertz CT molecular complexity index is 733. The Kier molecular flexibility index (Phi) is 4.64. The van der Waals surface area contributed by atoms with Crippen molar-refractivity contribution in [3.8, 4) is 11.5 Å². The highest BCUT2D eigenvalue weighted by atomic mass is 16.5. The molecular formula is C19H21NO2. The zero-order valence-electron chi connectivity index (χ0n) is 12.8. The first-order chi connectivity index (χ1) is 10.9. The first-order valence-electron chi connectivity index (χ1n) is 7.77. The molecule has 3 heteroatoms. The maximum absolute atomic E-state index is 5.92. The largest absolute Gasteiger partial charge is 0.493 e. The number of hydrogen-bond acceptors (Lipinski definition) is 2. The lowest BCUT2D eigenvalue weighted by Gasteiger charge is -2.12. The van der Waals surface area contributed by atoms with Gasteiger partial charge in [0.2, 0.25) is 0 Å². The van der Waals surface area contributed by atoms with E-state index in [2.05, 4.69) is 18.0 Å². The highest BCUT2D eigenvalue weighted by molar-refractivity contribution is 5.80. The van der Waals surface area contributed by atoms with E-state index in [1.165, 1.54) is 0 Å². The quantitative estimate of drug-likeness (QED) is 0.627. The predicted molar refractivity (Wildman–Crippen MR) is 89.5 cm³/mol. The van der Waals surface area contributed by atoms with Gasteiger partial charge < -0.3 is 14.5 Å². The minimum atomic E-state index is 0.512. The number of aromatic amines is 1. The Morgan fingerprint density at radius 3 is 2.82 bits per heavy atom. The summed E-state index contributed by atoms with van der Waals surface area (Å²) >= 11 is 0. The van der Waals surface area contributed by atoms with Crippen LogP contribution in [-0.4, -0.2) is 11.6 Å². The molecule has 114 valence electrons. The summed E-state index contributed by atoms with van der Waals surface area (Å²) in [6.07, 6.45) is 4.14. The second-order valence-electron chi connectivity index (χ2n) is 5.33. The average molecular weight is 295 g/mol. The molecule has 3 aromatic rings. The number of rotatable bonds is 7. The molecule has 3 nitrogen and oxygen atoms in total. The van der Waals surface area contributed by atoms with Gasteiger partial charge in [0, 0.05) is 22.7 Å². The van der Waals surface area contributed by atoms with Crippen LogP contribution in [-0.2, 0) is 6.61 Å². The van der Waals surface area contributed by atoms with Gasteiger partial charge in [-0.05, 0) is 36.8 Å². The van der Waals surface area contributed by atoms with Crippen LogP contribution in [0.5, 0.6) is 11.5 Å². The number of ether oxygens (including phenoxy) is 2. The zero-order valence-corrected chi connectivity index (χ0v) is 12.8. The number of benzene rings is 2. The highest BCUT2D eigenvalue weighted by Crippen LogP contribution is 2.23. The molecule has 0 saturated carbocycles. The number of fused-ring (bicyclic) bond motifs is 1. The molecule has 22 heavy (non-hydrogen) atoms. The van der Waals surface area contributed by atoms with Gasteiger partial charge in [0.25, 0.3) is 0 Å². The van der Waals surface area contributed by atoms with E-state index < -0.39 is 0 Å². The van der Waals surface area contributed by atoms with Crippen LogP contribution < -0.4 is 9.47 Å². The molecule has 0 amide bonds. The minimum Gasteiger partial charge on any atom is -0.493 e. The molecule has 0 saturated heterocycles. The zero-order chi connectivity index (χ0) is 15.2. The molecule has 0 unspecified atom stereocenters. The molecule has 2 aromatic carbocycles. The minimum absolute atomic E-state index is 0.512. The fourth-order valence-corrected chi connectivity index (χ4v) is 2.37. The highest BCUT2D eigenvalue weighted by Gasteiger charge is 2.05. The molecule has 1 aromatic heterocycles. The van der Waals surface area contributed by atoms with Crippen LogP contribution in [0.15, 0.2) is 54.7 Å². The van der Waals surface area contributed by atoms with E-state index >= 15 is 0 Å². The summed E-state index contributed by atoms with van der Waals surface area (Å²) in [4.78, 5) is 3.18. The Morgan fingerprint density at radius 1 is 1.00 bits per heavy atom. The monoisotopic (exact) mass is 295 g/mol. The standard InChI is InChI=1S/C19H21NO2/c1-2-3-12-21-19-7-5-4-6-16(19)14-22-17-8-9-18-15(13-17)10-11-20-18/h4-11,13,20H,2-3,12,14H2,1H3. The molecule has 0 bridgehead atoms. The lowest BCUT2D eigenvalue weighted by atomic mass is 10.2. The van der Waals surface area contributed by atoms with Crippen molar-refractivity contribution < 1.29 is 9.47 Å². The van der Waals surface area contributed by atoms with Crippen LogP contribution in [0.2, 0.25) is 0 Å². The van der Waals surface area contributed by atoms with E-state index in [9.17, 15) is 0 Å². The van der Waals surface area contributed by atoms with E-state index in [0.717, 1.165) is 47.4 Å². The second kappa shape index (κ2) is 7.03. The lowest BCUT2D eigenvalue weighted by molar-refractivity contribution is 0.276. The maximum atomic E-state index is 5.92. The van der Waals surface area contributed by atoms with Crippen LogP contribution in [0.3, 0.4) is 0 Å². The van der Waals surface area contributed by atoms with Crippen molar-refractivity contribution in [3.05, 3.63) is 60.3 Å². The van der Waals surface area contributed by atoms with Gasteiger partial charge in [0.05, 0.1) is 6.61 Å². The molecule has 0 aliphatic rings. The topological polar surface area (TPSA) is 34.2 Å². The van der Waals surface area contributed by atoms with Gasteiger partial charge in [-0.15, -0.1) is 0 Å². The van der Waals surface area contributed by atoms with Crippen molar-refractivity contribution in [1.82, 2.24) is 4.98 Å². The SMILES string of the molecule is CCCCOc1ccccc1COc1ccc2[nH]ccc2c1. The molecule has 0 atom stereocenters. The summed E-state index contributed by atoms with van der Waals surface area (Å²) in [6.45, 7) is 3.43. The summed E-state index contributed by atoms with van der Waals surface area (Å²) < 4.78 is 11.8. The van der Waals surface area contributed by atoms with Crippen LogP contribution >= 0.6 is 0 Å². The molecule has 0 aliphatic carbocycles. The van der Waals surface area contributed by atoms with E-state index in [1.54, 1.807) is 0 Å². The molecular weight excluding hydrogens is 274 g/mol. The summed E-state index contributed by atoms with van der Waals surface area (Å²) in [7, 11) is 0. The van der Waals surface area contributed by atoms with E-state index in [4.69, 9.17) is 9.47 Å². The Hall–Kier alpha value is -2.42. The van der Waals surface area contributed by atoms with Gasteiger partial charge in [-0.3, -0.25) is 0 Å². The Morgan fingerprint density at radius 2 is 1.91 bits per heavy atom. The Balaban J connectivity index is 1.67. The third kappa shape index (κ3) is 3.42. The predicted octanol–water partition coefficient (Wildman–Crippen LogP) is 4.93. The summed E-state index contributed by atoms with van der Waals surface area (Å²) in [5.74, 6) is 1.79. The second-order valence-corrected chi connectivity index (χ2v) is 5.33. The number of para-hydroxylation sites is 1. The van der Waals surface area contributed by atoms with E-state index in [1.807, 2.05) is 48.7 Å².